The van der Waals surface area contributed by atoms with E-state index in [9.17, 15) is 25.2 Å². The molecule has 0 spiro atoms. The maximum absolute atomic E-state index is 12.5. The highest BCUT2D eigenvalue weighted by Crippen LogP contribution is 2.65. The Balaban J connectivity index is 1.68. The van der Waals surface area contributed by atoms with Crippen LogP contribution in [0.2, 0.25) is 0 Å². The Labute approximate surface area is 188 Å². The molecule has 4 aliphatic rings. The van der Waals surface area contributed by atoms with E-state index in [0.29, 0.717) is 25.0 Å². The summed E-state index contributed by atoms with van der Waals surface area (Å²) in [6.45, 7) is 9.78. The van der Waals surface area contributed by atoms with E-state index in [1.54, 1.807) is 0 Å². The number of carbonyl (C=O) groups is 1. The molecule has 1 aromatic rings. The van der Waals surface area contributed by atoms with Crippen LogP contribution in [0.3, 0.4) is 0 Å². The van der Waals surface area contributed by atoms with Gasteiger partial charge in [0.15, 0.2) is 0 Å². The summed E-state index contributed by atoms with van der Waals surface area (Å²) in [6.07, 6.45) is -0.894. The molecule has 0 aromatic heterocycles. The van der Waals surface area contributed by atoms with Crippen molar-refractivity contribution in [3.63, 3.8) is 0 Å². The van der Waals surface area contributed by atoms with Crippen LogP contribution in [-0.4, -0.2) is 56.4 Å². The van der Waals surface area contributed by atoms with E-state index in [0.717, 1.165) is 11.1 Å². The van der Waals surface area contributed by atoms with Gasteiger partial charge >= 0.3 is 5.97 Å². The highest BCUT2D eigenvalue weighted by Gasteiger charge is 2.68. The SMILES string of the molecule is C[C@@H]1Cc2c3c(cc(O)c2C(=O)O1)O[C@]1(C)[C@@H](C3)[C@@]2(C)[C@@H](O)C[C@H](O)C(C)(C)[C@@H]2C[C@@H]1O. The Kier molecular flexibility index (Phi) is 4.54. The van der Waals surface area contributed by atoms with E-state index in [1.807, 2.05) is 27.7 Å². The maximum atomic E-state index is 12.5. The summed E-state index contributed by atoms with van der Waals surface area (Å²) in [5.41, 5.74) is -0.306. The Morgan fingerprint density at radius 1 is 0.938 bits per heavy atom. The summed E-state index contributed by atoms with van der Waals surface area (Å²) >= 11 is 0. The van der Waals surface area contributed by atoms with Crippen molar-refractivity contribution in [2.45, 2.75) is 90.3 Å². The third-order valence-corrected chi connectivity index (χ3v) is 9.47. The first-order valence-electron chi connectivity index (χ1n) is 11.6. The Morgan fingerprint density at radius 3 is 2.31 bits per heavy atom. The fourth-order valence-corrected chi connectivity index (χ4v) is 7.45. The molecule has 0 unspecified atom stereocenters. The molecule has 176 valence electrons. The summed E-state index contributed by atoms with van der Waals surface area (Å²) in [4.78, 5) is 12.5. The molecular formula is C25H34O7. The number of aliphatic hydroxyl groups is 3. The molecule has 7 heteroatoms. The molecule has 0 bridgehead atoms. The molecule has 2 aliphatic carbocycles. The van der Waals surface area contributed by atoms with Gasteiger partial charge in [0.1, 0.15) is 28.8 Å². The number of carbonyl (C=O) groups excluding carboxylic acids is 1. The smallest absolute Gasteiger partial charge is 0.342 e. The number of ether oxygens (including phenoxy) is 2. The van der Waals surface area contributed by atoms with Crippen LogP contribution in [0.1, 0.15) is 68.9 Å². The number of rotatable bonds is 0. The zero-order valence-corrected chi connectivity index (χ0v) is 19.4. The van der Waals surface area contributed by atoms with Crippen LogP contribution in [0.25, 0.3) is 0 Å². The minimum Gasteiger partial charge on any atom is -0.507 e. The number of hydrogen-bond acceptors (Lipinski definition) is 7. The topological polar surface area (TPSA) is 116 Å². The van der Waals surface area contributed by atoms with Gasteiger partial charge in [-0.05, 0) is 49.1 Å². The molecule has 8 atom stereocenters. The molecule has 2 aliphatic heterocycles. The van der Waals surface area contributed by atoms with E-state index < -0.39 is 40.7 Å². The molecule has 7 nitrogen and oxygen atoms in total. The van der Waals surface area contributed by atoms with Crippen LogP contribution in [0.4, 0.5) is 0 Å². The maximum Gasteiger partial charge on any atom is 0.342 e. The normalized spacial score (nSPS) is 44.3. The lowest BCUT2D eigenvalue weighted by Crippen LogP contribution is -2.72. The highest BCUT2D eigenvalue weighted by atomic mass is 16.5. The van der Waals surface area contributed by atoms with Crippen molar-refractivity contribution in [1.82, 2.24) is 0 Å². The van der Waals surface area contributed by atoms with Gasteiger partial charge < -0.3 is 29.9 Å². The number of aromatic hydroxyl groups is 1. The monoisotopic (exact) mass is 446 g/mol. The second-order valence-electron chi connectivity index (χ2n) is 11.4. The summed E-state index contributed by atoms with van der Waals surface area (Å²) in [6, 6.07) is 1.46. The number of fused-ring (bicyclic) bond motifs is 6. The van der Waals surface area contributed by atoms with Gasteiger partial charge in [0.05, 0.1) is 18.3 Å². The Hall–Kier alpha value is -1.83. The first-order valence-corrected chi connectivity index (χ1v) is 11.6. The van der Waals surface area contributed by atoms with E-state index in [2.05, 4.69) is 6.92 Å². The fourth-order valence-electron chi connectivity index (χ4n) is 7.45. The van der Waals surface area contributed by atoms with Gasteiger partial charge in [-0.25, -0.2) is 4.79 Å². The zero-order valence-electron chi connectivity index (χ0n) is 19.4. The van der Waals surface area contributed by atoms with E-state index >= 15 is 0 Å². The molecule has 1 aromatic carbocycles. The van der Waals surface area contributed by atoms with Gasteiger partial charge in [-0.15, -0.1) is 0 Å². The average molecular weight is 447 g/mol. The number of phenols is 1. The van der Waals surface area contributed by atoms with Crippen molar-refractivity contribution in [3.05, 3.63) is 22.8 Å². The summed E-state index contributed by atoms with van der Waals surface area (Å²) < 4.78 is 11.8. The van der Waals surface area contributed by atoms with Crippen LogP contribution >= 0.6 is 0 Å². The van der Waals surface area contributed by atoms with Crippen molar-refractivity contribution in [2.75, 3.05) is 0 Å². The van der Waals surface area contributed by atoms with Crippen LogP contribution in [0.15, 0.2) is 6.07 Å². The number of phenolic OH excluding ortho intramolecular Hbond substituents is 1. The van der Waals surface area contributed by atoms with Crippen molar-refractivity contribution >= 4 is 5.97 Å². The molecule has 5 rings (SSSR count). The largest absolute Gasteiger partial charge is 0.507 e. The van der Waals surface area contributed by atoms with E-state index in [1.165, 1.54) is 6.07 Å². The number of benzene rings is 1. The number of esters is 1. The van der Waals surface area contributed by atoms with Gasteiger partial charge in [-0.2, -0.15) is 0 Å². The molecule has 2 saturated carbocycles. The van der Waals surface area contributed by atoms with Crippen LogP contribution in [-0.2, 0) is 17.6 Å². The van der Waals surface area contributed by atoms with Crippen LogP contribution in [0.5, 0.6) is 11.5 Å². The van der Waals surface area contributed by atoms with Crippen molar-refractivity contribution in [2.24, 2.45) is 22.7 Å². The Bertz CT molecular complexity index is 987. The van der Waals surface area contributed by atoms with E-state index in [-0.39, 0.29) is 35.7 Å². The van der Waals surface area contributed by atoms with E-state index in [4.69, 9.17) is 9.47 Å². The summed E-state index contributed by atoms with van der Waals surface area (Å²) in [5.74, 6) is -0.604. The lowest BCUT2D eigenvalue weighted by atomic mass is 9.42. The van der Waals surface area contributed by atoms with Crippen LogP contribution in [0, 0.1) is 22.7 Å². The number of hydrogen-bond donors (Lipinski definition) is 4. The molecule has 32 heavy (non-hydrogen) atoms. The van der Waals surface area contributed by atoms with Gasteiger partial charge in [0.25, 0.3) is 0 Å². The fraction of sp³-hybridized carbons (Fsp3) is 0.720. The standard InChI is InChI=1S/C25H34O7/c1-11-6-13-12-7-17-24(4)16(23(2,3)18(27)10-19(24)28)9-20(29)25(17,5)32-15(12)8-14(26)21(13)22(30)31-11/h8,11,16-20,26-29H,6-7,9-10H2,1-5H3/t11-,16+,17+,18+,19+,20+,24+,25-/m1/s1. The molecule has 2 fully saturated rings. The first-order chi connectivity index (χ1) is 14.8. The molecule has 4 N–H and O–H groups in total. The predicted molar refractivity (Wildman–Crippen MR) is 116 cm³/mol. The molecule has 2 heterocycles. The Morgan fingerprint density at radius 2 is 1.62 bits per heavy atom. The summed E-state index contributed by atoms with van der Waals surface area (Å²) in [5, 5.41) is 44.0. The molecule has 0 amide bonds. The quantitative estimate of drug-likeness (QED) is 0.452. The number of aliphatic hydroxyl groups excluding tert-OH is 3. The lowest BCUT2D eigenvalue weighted by molar-refractivity contribution is -0.263. The lowest BCUT2D eigenvalue weighted by Gasteiger charge is -2.66. The third-order valence-electron chi connectivity index (χ3n) is 9.47. The predicted octanol–water partition coefficient (Wildman–Crippen LogP) is 2.34. The van der Waals surface area contributed by atoms with Gasteiger partial charge in [-0.1, -0.05) is 20.8 Å². The minimum atomic E-state index is -0.973. The zero-order chi connectivity index (χ0) is 23.4. The molecular weight excluding hydrogens is 412 g/mol. The second-order valence-corrected chi connectivity index (χ2v) is 11.4. The average Bonchev–Trinajstić information content (AvgIpc) is 2.68. The van der Waals surface area contributed by atoms with Crippen molar-refractivity contribution in [3.8, 4) is 11.5 Å². The highest BCUT2D eigenvalue weighted by molar-refractivity contribution is 5.96. The van der Waals surface area contributed by atoms with Crippen molar-refractivity contribution in [1.29, 1.82) is 0 Å². The van der Waals surface area contributed by atoms with Gasteiger partial charge in [-0.3, -0.25) is 0 Å². The second kappa shape index (κ2) is 6.61. The number of cyclic esters (lactones) is 1. The van der Waals surface area contributed by atoms with Gasteiger partial charge in [0, 0.05) is 30.2 Å². The van der Waals surface area contributed by atoms with Gasteiger partial charge in [0.2, 0.25) is 0 Å². The summed E-state index contributed by atoms with van der Waals surface area (Å²) in [7, 11) is 0. The molecule has 0 saturated heterocycles. The minimum absolute atomic E-state index is 0.121. The van der Waals surface area contributed by atoms with Crippen molar-refractivity contribution < 1.29 is 34.7 Å². The molecule has 0 radical (unpaired) electrons. The first kappa shape index (κ1) is 22.0. The van der Waals surface area contributed by atoms with Crippen LogP contribution < -0.4 is 4.74 Å². The third kappa shape index (κ3) is 2.62.